The van der Waals surface area contributed by atoms with Gasteiger partial charge in [0.1, 0.15) is 0 Å². The average Bonchev–Trinajstić information content (AvgIpc) is 2.28. The summed E-state index contributed by atoms with van der Waals surface area (Å²) < 4.78 is 0. The molecule has 0 fully saturated rings. The molecule has 0 bridgehead atoms. The van der Waals surface area contributed by atoms with Gasteiger partial charge in [0.25, 0.3) is 0 Å². The number of rotatable bonds is 1. The van der Waals surface area contributed by atoms with Crippen molar-refractivity contribution in [2.75, 3.05) is 19.4 Å². The van der Waals surface area contributed by atoms with Crippen molar-refractivity contribution in [1.82, 2.24) is 4.90 Å². The Morgan fingerprint density at radius 1 is 1.29 bits per heavy atom. The SMILES string of the molecule is CN(C)C1Cc2cccc3c2[C@H](CC(=O)N3)C1. The van der Waals surface area contributed by atoms with E-state index in [1.165, 1.54) is 11.1 Å². The molecule has 1 amide bonds. The summed E-state index contributed by atoms with van der Waals surface area (Å²) >= 11 is 0. The molecule has 3 nitrogen and oxygen atoms in total. The fourth-order valence-electron chi connectivity index (χ4n) is 3.17. The Balaban J connectivity index is 2.05. The topological polar surface area (TPSA) is 32.3 Å². The zero-order valence-electron chi connectivity index (χ0n) is 10.4. The number of hydrogen-bond donors (Lipinski definition) is 1. The Hall–Kier alpha value is -1.35. The molecule has 0 radical (unpaired) electrons. The Labute approximate surface area is 102 Å². The zero-order valence-corrected chi connectivity index (χ0v) is 10.4. The lowest BCUT2D eigenvalue weighted by Gasteiger charge is -2.38. The number of hydrogen-bond acceptors (Lipinski definition) is 2. The molecule has 0 spiro atoms. The minimum absolute atomic E-state index is 0.166. The first-order valence-corrected chi connectivity index (χ1v) is 6.23. The van der Waals surface area contributed by atoms with Crippen molar-refractivity contribution in [1.29, 1.82) is 0 Å². The van der Waals surface area contributed by atoms with Gasteiger partial charge in [-0.05, 0) is 50.0 Å². The summed E-state index contributed by atoms with van der Waals surface area (Å²) in [5.74, 6) is 0.579. The van der Waals surface area contributed by atoms with Crippen molar-refractivity contribution in [2.24, 2.45) is 0 Å². The maximum absolute atomic E-state index is 11.7. The van der Waals surface area contributed by atoms with Crippen LogP contribution in [0.5, 0.6) is 0 Å². The lowest BCUT2D eigenvalue weighted by Crippen LogP contribution is -2.38. The molecular weight excluding hydrogens is 212 g/mol. The van der Waals surface area contributed by atoms with Gasteiger partial charge in [0.2, 0.25) is 5.91 Å². The number of benzene rings is 1. The minimum atomic E-state index is 0.166. The Morgan fingerprint density at radius 3 is 2.88 bits per heavy atom. The normalized spacial score (nSPS) is 26.6. The van der Waals surface area contributed by atoms with Crippen LogP contribution in [0, 0.1) is 0 Å². The molecule has 1 aromatic carbocycles. The molecule has 17 heavy (non-hydrogen) atoms. The number of carbonyl (C=O) groups is 1. The predicted molar refractivity (Wildman–Crippen MR) is 68.2 cm³/mol. The summed E-state index contributed by atoms with van der Waals surface area (Å²) in [4.78, 5) is 14.0. The third-order valence-corrected chi connectivity index (χ3v) is 4.05. The van der Waals surface area contributed by atoms with Crippen LogP contribution in [0.25, 0.3) is 0 Å². The fraction of sp³-hybridized carbons (Fsp3) is 0.500. The maximum Gasteiger partial charge on any atom is 0.224 e. The molecule has 1 aliphatic heterocycles. The van der Waals surface area contributed by atoms with Gasteiger partial charge in [-0.15, -0.1) is 0 Å². The molecule has 2 atom stereocenters. The Bertz CT molecular complexity index is 467. The van der Waals surface area contributed by atoms with Gasteiger partial charge in [0, 0.05) is 18.2 Å². The molecule has 3 rings (SSSR count). The predicted octanol–water partition coefficient (Wildman–Crippen LogP) is 1.99. The molecule has 3 heteroatoms. The van der Waals surface area contributed by atoms with Gasteiger partial charge < -0.3 is 10.2 Å². The van der Waals surface area contributed by atoms with E-state index in [9.17, 15) is 4.79 Å². The standard InChI is InChI=1S/C14H18N2O/c1-16(2)11-6-9-4-3-5-12-14(9)10(7-11)8-13(17)15-12/h3-5,10-11H,6-8H2,1-2H3,(H,15,17)/t10-,11?/m0/s1. The molecule has 1 aliphatic carbocycles. The highest BCUT2D eigenvalue weighted by Crippen LogP contribution is 2.42. The molecule has 0 saturated heterocycles. The highest BCUT2D eigenvalue weighted by molar-refractivity contribution is 5.95. The molecule has 90 valence electrons. The van der Waals surface area contributed by atoms with Crippen LogP contribution in [0.15, 0.2) is 18.2 Å². The first-order valence-electron chi connectivity index (χ1n) is 6.23. The molecule has 0 saturated carbocycles. The Kier molecular flexibility index (Phi) is 2.44. The van der Waals surface area contributed by atoms with E-state index >= 15 is 0 Å². The number of anilines is 1. The molecule has 0 aromatic heterocycles. The highest BCUT2D eigenvalue weighted by Gasteiger charge is 2.34. The molecule has 1 aromatic rings. The summed E-state index contributed by atoms with van der Waals surface area (Å²) in [6, 6.07) is 6.85. The van der Waals surface area contributed by atoms with Gasteiger partial charge in [0.15, 0.2) is 0 Å². The van der Waals surface area contributed by atoms with Crippen LogP contribution in [-0.4, -0.2) is 30.9 Å². The van der Waals surface area contributed by atoms with Crippen LogP contribution in [0.4, 0.5) is 5.69 Å². The first kappa shape index (κ1) is 10.8. The smallest absolute Gasteiger partial charge is 0.224 e. The molecule has 1 unspecified atom stereocenters. The monoisotopic (exact) mass is 230 g/mol. The quantitative estimate of drug-likeness (QED) is 0.800. The van der Waals surface area contributed by atoms with Crippen LogP contribution in [0.1, 0.15) is 29.9 Å². The maximum atomic E-state index is 11.7. The van der Waals surface area contributed by atoms with Crippen molar-refractivity contribution in [3.63, 3.8) is 0 Å². The van der Waals surface area contributed by atoms with Gasteiger partial charge in [-0.1, -0.05) is 12.1 Å². The summed E-state index contributed by atoms with van der Waals surface area (Å²) in [6.07, 6.45) is 2.85. The number of carbonyl (C=O) groups excluding carboxylic acids is 1. The number of likely N-dealkylation sites (N-methyl/N-ethyl adjacent to an activating group) is 1. The lowest BCUT2D eigenvalue weighted by molar-refractivity contribution is -0.117. The van der Waals surface area contributed by atoms with Crippen molar-refractivity contribution in [3.8, 4) is 0 Å². The largest absolute Gasteiger partial charge is 0.326 e. The van der Waals surface area contributed by atoms with Crippen LogP contribution >= 0.6 is 0 Å². The zero-order chi connectivity index (χ0) is 12.0. The second-order valence-electron chi connectivity index (χ2n) is 5.38. The van der Waals surface area contributed by atoms with Crippen LogP contribution in [0.2, 0.25) is 0 Å². The van der Waals surface area contributed by atoms with Crippen LogP contribution in [0.3, 0.4) is 0 Å². The molecular formula is C14H18N2O. The molecule has 1 heterocycles. The van der Waals surface area contributed by atoms with Crippen LogP contribution in [-0.2, 0) is 11.2 Å². The van der Waals surface area contributed by atoms with E-state index in [4.69, 9.17) is 0 Å². The fourth-order valence-corrected chi connectivity index (χ4v) is 3.17. The van der Waals surface area contributed by atoms with Gasteiger partial charge in [-0.25, -0.2) is 0 Å². The van der Waals surface area contributed by atoms with E-state index in [2.05, 4.69) is 36.4 Å². The second kappa shape index (κ2) is 3.84. The van der Waals surface area contributed by atoms with E-state index < -0.39 is 0 Å². The van der Waals surface area contributed by atoms with Crippen molar-refractivity contribution >= 4 is 11.6 Å². The van der Waals surface area contributed by atoms with Crippen molar-refractivity contribution < 1.29 is 4.79 Å². The van der Waals surface area contributed by atoms with E-state index in [1.807, 2.05) is 6.07 Å². The Morgan fingerprint density at radius 2 is 2.12 bits per heavy atom. The number of amides is 1. The van der Waals surface area contributed by atoms with Gasteiger partial charge in [0.05, 0.1) is 0 Å². The highest BCUT2D eigenvalue weighted by atomic mass is 16.1. The van der Waals surface area contributed by atoms with Gasteiger partial charge in [-0.3, -0.25) is 4.79 Å². The summed E-state index contributed by atoms with van der Waals surface area (Å²) in [5, 5.41) is 2.99. The first-order chi connectivity index (χ1) is 8.15. The van der Waals surface area contributed by atoms with E-state index in [-0.39, 0.29) is 5.91 Å². The average molecular weight is 230 g/mol. The minimum Gasteiger partial charge on any atom is -0.326 e. The lowest BCUT2D eigenvalue weighted by atomic mass is 9.75. The second-order valence-corrected chi connectivity index (χ2v) is 5.38. The van der Waals surface area contributed by atoms with E-state index in [0.717, 1.165) is 18.5 Å². The summed E-state index contributed by atoms with van der Waals surface area (Å²) in [6.45, 7) is 0. The summed E-state index contributed by atoms with van der Waals surface area (Å²) in [7, 11) is 4.25. The van der Waals surface area contributed by atoms with E-state index in [1.54, 1.807) is 0 Å². The van der Waals surface area contributed by atoms with Crippen molar-refractivity contribution in [3.05, 3.63) is 29.3 Å². The third-order valence-electron chi connectivity index (χ3n) is 4.05. The van der Waals surface area contributed by atoms with Gasteiger partial charge in [-0.2, -0.15) is 0 Å². The third kappa shape index (κ3) is 1.75. The number of nitrogens with zero attached hydrogens (tertiary/aromatic N) is 1. The van der Waals surface area contributed by atoms with E-state index in [0.29, 0.717) is 18.4 Å². The summed E-state index contributed by atoms with van der Waals surface area (Å²) in [5.41, 5.74) is 3.85. The molecule has 1 N–H and O–H groups in total. The number of nitrogens with one attached hydrogen (secondary N) is 1. The van der Waals surface area contributed by atoms with Crippen LogP contribution < -0.4 is 5.32 Å². The van der Waals surface area contributed by atoms with Crippen molar-refractivity contribution in [2.45, 2.75) is 31.2 Å². The van der Waals surface area contributed by atoms with Gasteiger partial charge >= 0.3 is 0 Å². The molecule has 2 aliphatic rings.